The molecule has 0 saturated heterocycles. The van der Waals surface area contributed by atoms with Gasteiger partial charge in [-0.2, -0.15) is 0 Å². The van der Waals surface area contributed by atoms with E-state index < -0.39 is 0 Å². The van der Waals surface area contributed by atoms with E-state index in [-0.39, 0.29) is 11.6 Å². The van der Waals surface area contributed by atoms with Crippen LogP contribution in [0.4, 0.5) is 8.78 Å². The first-order valence-corrected chi connectivity index (χ1v) is 10.9. The van der Waals surface area contributed by atoms with Crippen LogP contribution in [-0.4, -0.2) is 0 Å². The van der Waals surface area contributed by atoms with Gasteiger partial charge in [0.1, 0.15) is 11.6 Å². The third-order valence-corrected chi connectivity index (χ3v) is 6.73. The third-order valence-electron chi connectivity index (χ3n) is 4.30. The SMILES string of the molecule is Fc1cc(-c2ccccc2)ccc1SSc1ccc(-c2ccccc2)cc1F. The first kappa shape index (κ1) is 18.8. The van der Waals surface area contributed by atoms with E-state index in [0.717, 1.165) is 22.3 Å². The number of hydrogen-bond donors (Lipinski definition) is 0. The molecule has 4 aromatic carbocycles. The van der Waals surface area contributed by atoms with E-state index in [9.17, 15) is 8.78 Å². The van der Waals surface area contributed by atoms with Crippen LogP contribution in [0.2, 0.25) is 0 Å². The molecule has 0 atom stereocenters. The van der Waals surface area contributed by atoms with Crippen LogP contribution in [0.1, 0.15) is 0 Å². The zero-order chi connectivity index (χ0) is 19.3. The zero-order valence-electron chi connectivity index (χ0n) is 14.8. The summed E-state index contributed by atoms with van der Waals surface area (Å²) in [5.41, 5.74) is 3.58. The first-order valence-electron chi connectivity index (χ1n) is 8.75. The second-order valence-electron chi connectivity index (χ2n) is 6.19. The van der Waals surface area contributed by atoms with Crippen molar-refractivity contribution in [3.8, 4) is 22.3 Å². The maximum Gasteiger partial charge on any atom is 0.138 e. The molecule has 0 heterocycles. The van der Waals surface area contributed by atoms with Gasteiger partial charge < -0.3 is 0 Å². The minimum Gasteiger partial charge on any atom is -0.206 e. The number of benzene rings is 4. The summed E-state index contributed by atoms with van der Waals surface area (Å²) in [5.74, 6) is -0.611. The highest BCUT2D eigenvalue weighted by Gasteiger charge is 2.10. The minimum atomic E-state index is -0.305. The van der Waals surface area contributed by atoms with Crippen LogP contribution in [0.5, 0.6) is 0 Å². The Bertz CT molecular complexity index is 991. The van der Waals surface area contributed by atoms with E-state index in [0.29, 0.717) is 9.79 Å². The molecule has 0 aromatic heterocycles. The molecule has 0 N–H and O–H groups in total. The van der Waals surface area contributed by atoms with Crippen LogP contribution in [0.3, 0.4) is 0 Å². The zero-order valence-corrected chi connectivity index (χ0v) is 16.4. The van der Waals surface area contributed by atoms with E-state index >= 15 is 0 Å². The molecule has 28 heavy (non-hydrogen) atoms. The molecule has 4 heteroatoms. The van der Waals surface area contributed by atoms with Crippen molar-refractivity contribution in [1.82, 2.24) is 0 Å². The number of rotatable bonds is 5. The Hall–Kier alpha value is -2.56. The third kappa shape index (κ3) is 4.29. The summed E-state index contributed by atoms with van der Waals surface area (Å²) in [6.45, 7) is 0. The van der Waals surface area contributed by atoms with Gasteiger partial charge in [-0.15, -0.1) is 0 Å². The topological polar surface area (TPSA) is 0 Å². The van der Waals surface area contributed by atoms with E-state index in [1.165, 1.54) is 33.7 Å². The Labute approximate surface area is 171 Å². The molecular weight excluding hydrogens is 390 g/mol. The summed E-state index contributed by atoms with van der Waals surface area (Å²) >= 11 is 0. The molecule has 4 aromatic rings. The van der Waals surface area contributed by atoms with Gasteiger partial charge in [0.2, 0.25) is 0 Å². The highest BCUT2D eigenvalue weighted by molar-refractivity contribution is 8.76. The summed E-state index contributed by atoms with van der Waals surface area (Å²) in [7, 11) is 2.44. The molecule has 0 fully saturated rings. The Balaban J connectivity index is 1.49. The van der Waals surface area contributed by atoms with Crippen molar-refractivity contribution in [3.05, 3.63) is 109 Å². The summed E-state index contributed by atoms with van der Waals surface area (Å²) in [6, 6.07) is 29.6. The average Bonchev–Trinajstić information content (AvgIpc) is 2.75. The van der Waals surface area contributed by atoms with Crippen molar-refractivity contribution in [2.45, 2.75) is 9.79 Å². The lowest BCUT2D eigenvalue weighted by molar-refractivity contribution is 0.601. The lowest BCUT2D eigenvalue weighted by Gasteiger charge is -2.08. The summed E-state index contributed by atoms with van der Waals surface area (Å²) in [5, 5.41) is 0. The highest BCUT2D eigenvalue weighted by atomic mass is 33.1. The predicted octanol–water partition coefficient (Wildman–Crippen LogP) is 8.10. The average molecular weight is 407 g/mol. The van der Waals surface area contributed by atoms with Crippen molar-refractivity contribution in [3.63, 3.8) is 0 Å². The van der Waals surface area contributed by atoms with Crippen molar-refractivity contribution >= 4 is 21.6 Å². The predicted molar refractivity (Wildman–Crippen MR) is 115 cm³/mol. The summed E-state index contributed by atoms with van der Waals surface area (Å²) < 4.78 is 29.0. The van der Waals surface area contributed by atoms with Gasteiger partial charge in [0.05, 0.1) is 9.79 Å². The first-order chi connectivity index (χ1) is 13.7. The van der Waals surface area contributed by atoms with Crippen LogP contribution >= 0.6 is 21.6 Å². The Morgan fingerprint density at radius 3 is 1.18 bits per heavy atom. The quantitative estimate of drug-likeness (QED) is 0.307. The van der Waals surface area contributed by atoms with Gasteiger partial charge >= 0.3 is 0 Å². The largest absolute Gasteiger partial charge is 0.206 e. The molecule has 0 amide bonds. The maximum absolute atomic E-state index is 14.5. The van der Waals surface area contributed by atoms with Crippen LogP contribution in [-0.2, 0) is 0 Å². The van der Waals surface area contributed by atoms with Crippen LogP contribution in [0.25, 0.3) is 22.3 Å². The van der Waals surface area contributed by atoms with Crippen LogP contribution < -0.4 is 0 Å². The van der Waals surface area contributed by atoms with Crippen LogP contribution in [0, 0.1) is 11.6 Å². The Morgan fingerprint density at radius 2 is 0.821 bits per heavy atom. The van der Waals surface area contributed by atoms with Crippen molar-refractivity contribution < 1.29 is 8.78 Å². The Morgan fingerprint density at radius 1 is 0.429 bits per heavy atom. The standard InChI is InChI=1S/C24H16F2S2/c25-21-15-19(17-7-3-1-4-8-17)11-13-23(21)27-28-24-14-12-20(16-22(24)26)18-9-5-2-6-10-18/h1-16H. The normalized spacial score (nSPS) is 10.8. The smallest absolute Gasteiger partial charge is 0.138 e. The van der Waals surface area contributed by atoms with Gasteiger partial charge in [-0.25, -0.2) is 8.78 Å². The lowest BCUT2D eigenvalue weighted by atomic mass is 10.1. The number of halogens is 2. The van der Waals surface area contributed by atoms with E-state index in [1.54, 1.807) is 12.1 Å². The summed E-state index contributed by atoms with van der Waals surface area (Å²) in [4.78, 5) is 0.965. The van der Waals surface area contributed by atoms with E-state index in [4.69, 9.17) is 0 Å². The molecular formula is C24H16F2S2. The van der Waals surface area contributed by atoms with Crippen molar-refractivity contribution in [2.75, 3.05) is 0 Å². The molecule has 0 aliphatic rings. The second-order valence-corrected chi connectivity index (χ2v) is 8.40. The molecule has 0 unspecified atom stereocenters. The van der Waals surface area contributed by atoms with Crippen molar-refractivity contribution in [2.24, 2.45) is 0 Å². The van der Waals surface area contributed by atoms with Crippen molar-refractivity contribution in [1.29, 1.82) is 0 Å². The van der Waals surface area contributed by atoms with Gasteiger partial charge in [-0.1, -0.05) is 72.8 Å². The molecule has 0 bridgehead atoms. The van der Waals surface area contributed by atoms with Gasteiger partial charge in [0.15, 0.2) is 0 Å². The highest BCUT2D eigenvalue weighted by Crippen LogP contribution is 2.41. The molecule has 0 radical (unpaired) electrons. The van der Waals surface area contributed by atoms with E-state index in [1.807, 2.05) is 72.8 Å². The fraction of sp³-hybridized carbons (Fsp3) is 0. The second kappa shape index (κ2) is 8.63. The number of hydrogen-bond acceptors (Lipinski definition) is 2. The molecule has 0 aliphatic carbocycles. The Kier molecular flexibility index (Phi) is 5.79. The molecule has 0 saturated carbocycles. The molecule has 4 rings (SSSR count). The minimum absolute atomic E-state index is 0.305. The molecule has 0 aliphatic heterocycles. The van der Waals surface area contributed by atoms with E-state index in [2.05, 4.69) is 0 Å². The van der Waals surface area contributed by atoms with Gasteiger partial charge in [0.25, 0.3) is 0 Å². The fourth-order valence-corrected chi connectivity index (χ4v) is 4.90. The van der Waals surface area contributed by atoms with Gasteiger partial charge in [-0.05, 0) is 68.1 Å². The van der Waals surface area contributed by atoms with Gasteiger partial charge in [0, 0.05) is 0 Å². The van der Waals surface area contributed by atoms with Crippen LogP contribution in [0.15, 0.2) is 107 Å². The maximum atomic E-state index is 14.5. The molecule has 0 nitrogen and oxygen atoms in total. The summed E-state index contributed by atoms with van der Waals surface area (Å²) in [6.07, 6.45) is 0. The lowest BCUT2D eigenvalue weighted by Crippen LogP contribution is -1.85. The monoisotopic (exact) mass is 406 g/mol. The molecule has 0 spiro atoms. The fourth-order valence-electron chi connectivity index (χ4n) is 2.85. The van der Waals surface area contributed by atoms with Gasteiger partial charge in [-0.3, -0.25) is 0 Å². The molecule has 138 valence electrons.